The second-order valence-corrected chi connectivity index (χ2v) is 4.18. The summed E-state index contributed by atoms with van der Waals surface area (Å²) in [6.45, 7) is 0. The van der Waals surface area contributed by atoms with Crippen molar-refractivity contribution in [3.8, 4) is 0 Å². The van der Waals surface area contributed by atoms with E-state index in [4.69, 9.17) is 5.11 Å². The van der Waals surface area contributed by atoms with Crippen molar-refractivity contribution in [3.05, 3.63) is 28.9 Å². The largest absolute Gasteiger partial charge is 0.478 e. The second kappa shape index (κ2) is 3.25. The van der Waals surface area contributed by atoms with Crippen LogP contribution in [0.1, 0.15) is 10.4 Å². The Balaban J connectivity index is 2.90. The molecule has 0 saturated heterocycles. The second-order valence-electron chi connectivity index (χ2n) is 2.76. The summed E-state index contributed by atoms with van der Waals surface area (Å²) in [6, 6.07) is 3.00. The first kappa shape index (κ1) is 9.48. The predicted octanol–water partition coefficient (Wildman–Crippen LogP) is 3.03. The standard InChI is InChI=1S/C9H5FO2S2/c10-6-3-14-7-2-4(13)1-5(8(6)7)9(11)12/h1-3,13H,(H,11,12). The van der Waals surface area contributed by atoms with Crippen molar-refractivity contribution in [1.82, 2.24) is 0 Å². The van der Waals surface area contributed by atoms with Crippen molar-refractivity contribution in [1.29, 1.82) is 0 Å². The van der Waals surface area contributed by atoms with Crippen LogP contribution in [0.25, 0.3) is 10.1 Å². The van der Waals surface area contributed by atoms with Gasteiger partial charge in [0.1, 0.15) is 5.82 Å². The summed E-state index contributed by atoms with van der Waals surface area (Å²) in [5.74, 6) is -1.63. The molecule has 1 aromatic heterocycles. The van der Waals surface area contributed by atoms with E-state index in [0.717, 1.165) is 0 Å². The van der Waals surface area contributed by atoms with E-state index in [2.05, 4.69) is 12.6 Å². The fraction of sp³-hybridized carbons (Fsp3) is 0. The summed E-state index contributed by atoms with van der Waals surface area (Å²) >= 11 is 5.23. The van der Waals surface area contributed by atoms with Gasteiger partial charge in [0, 0.05) is 20.4 Å². The topological polar surface area (TPSA) is 37.3 Å². The number of carboxylic acids is 1. The molecule has 0 aliphatic carbocycles. The van der Waals surface area contributed by atoms with Crippen molar-refractivity contribution in [2.24, 2.45) is 0 Å². The maximum atomic E-state index is 13.2. The number of aromatic carboxylic acids is 1. The Kier molecular flexibility index (Phi) is 2.20. The number of hydrogen-bond acceptors (Lipinski definition) is 3. The Bertz CT molecular complexity index is 519. The molecule has 2 aromatic rings. The van der Waals surface area contributed by atoms with Crippen LogP contribution in [-0.4, -0.2) is 11.1 Å². The van der Waals surface area contributed by atoms with Crippen molar-refractivity contribution < 1.29 is 14.3 Å². The molecule has 0 fully saturated rings. The van der Waals surface area contributed by atoms with E-state index in [-0.39, 0.29) is 10.9 Å². The Morgan fingerprint density at radius 1 is 1.50 bits per heavy atom. The van der Waals surface area contributed by atoms with Crippen molar-refractivity contribution >= 4 is 40.0 Å². The number of benzene rings is 1. The van der Waals surface area contributed by atoms with E-state index < -0.39 is 11.8 Å². The van der Waals surface area contributed by atoms with Gasteiger partial charge in [0.15, 0.2) is 0 Å². The first-order valence-corrected chi connectivity index (χ1v) is 5.05. The summed E-state index contributed by atoms with van der Waals surface area (Å²) in [7, 11) is 0. The highest BCUT2D eigenvalue weighted by Crippen LogP contribution is 2.30. The molecule has 0 radical (unpaired) electrons. The molecule has 72 valence electrons. The number of halogens is 1. The number of thiol groups is 1. The highest BCUT2D eigenvalue weighted by molar-refractivity contribution is 7.80. The van der Waals surface area contributed by atoms with Crippen LogP contribution in [0, 0.1) is 5.82 Å². The van der Waals surface area contributed by atoms with E-state index in [1.54, 1.807) is 6.07 Å². The van der Waals surface area contributed by atoms with E-state index in [1.807, 2.05) is 0 Å². The third-order valence-electron chi connectivity index (χ3n) is 1.85. The molecule has 0 bridgehead atoms. The molecular weight excluding hydrogens is 223 g/mol. The zero-order chi connectivity index (χ0) is 10.3. The van der Waals surface area contributed by atoms with Gasteiger partial charge in [-0.3, -0.25) is 0 Å². The highest BCUT2D eigenvalue weighted by atomic mass is 32.1. The SMILES string of the molecule is O=C(O)c1cc(S)cc2scc(F)c12. The number of rotatable bonds is 1. The fourth-order valence-corrected chi connectivity index (χ4v) is 2.50. The molecule has 0 spiro atoms. The lowest BCUT2D eigenvalue weighted by Crippen LogP contribution is -1.97. The van der Waals surface area contributed by atoms with Gasteiger partial charge < -0.3 is 5.11 Å². The van der Waals surface area contributed by atoms with Crippen LogP contribution in [0.15, 0.2) is 22.4 Å². The van der Waals surface area contributed by atoms with Crippen molar-refractivity contribution in [2.75, 3.05) is 0 Å². The van der Waals surface area contributed by atoms with Gasteiger partial charge in [0.25, 0.3) is 0 Å². The summed E-state index contributed by atoms with van der Waals surface area (Å²) < 4.78 is 13.8. The first-order valence-electron chi connectivity index (χ1n) is 3.72. The lowest BCUT2D eigenvalue weighted by atomic mass is 10.1. The van der Waals surface area contributed by atoms with E-state index in [0.29, 0.717) is 9.60 Å². The predicted molar refractivity (Wildman–Crippen MR) is 56.0 cm³/mol. The highest BCUT2D eigenvalue weighted by Gasteiger charge is 2.14. The average Bonchev–Trinajstić information content (AvgIpc) is 2.46. The molecule has 0 saturated carbocycles. The van der Waals surface area contributed by atoms with Crippen molar-refractivity contribution in [2.45, 2.75) is 4.90 Å². The van der Waals surface area contributed by atoms with Crippen LogP contribution in [-0.2, 0) is 0 Å². The quantitative estimate of drug-likeness (QED) is 0.736. The lowest BCUT2D eigenvalue weighted by molar-refractivity contribution is 0.0698. The molecule has 0 aliphatic rings. The molecule has 2 nitrogen and oxygen atoms in total. The molecule has 14 heavy (non-hydrogen) atoms. The molecule has 5 heteroatoms. The number of carboxylic acid groups (broad SMARTS) is 1. The molecular formula is C9H5FO2S2. The van der Waals surface area contributed by atoms with Gasteiger partial charge >= 0.3 is 5.97 Å². The Labute approximate surface area is 88.4 Å². The van der Waals surface area contributed by atoms with Gasteiger partial charge in [0.05, 0.1) is 5.56 Å². The zero-order valence-electron chi connectivity index (χ0n) is 6.82. The summed E-state index contributed by atoms with van der Waals surface area (Å²) in [5, 5.41) is 10.3. The first-order chi connectivity index (χ1) is 6.59. The molecule has 0 aliphatic heterocycles. The minimum absolute atomic E-state index is 0.0359. The smallest absolute Gasteiger partial charge is 0.336 e. The molecule has 1 aromatic carbocycles. The third-order valence-corrected chi connectivity index (χ3v) is 3.00. The third kappa shape index (κ3) is 1.38. The number of carbonyl (C=O) groups is 1. The van der Waals surface area contributed by atoms with Gasteiger partial charge in [-0.1, -0.05) is 0 Å². The van der Waals surface area contributed by atoms with E-state index in [1.165, 1.54) is 22.8 Å². The summed E-state index contributed by atoms with van der Waals surface area (Å²) in [6.07, 6.45) is 0. The molecule has 0 amide bonds. The van der Waals surface area contributed by atoms with Crippen LogP contribution in [0.4, 0.5) is 4.39 Å². The maximum Gasteiger partial charge on any atom is 0.336 e. The van der Waals surface area contributed by atoms with Crippen LogP contribution in [0.3, 0.4) is 0 Å². The molecule has 2 rings (SSSR count). The fourth-order valence-electron chi connectivity index (χ4n) is 1.28. The normalized spacial score (nSPS) is 10.7. The Morgan fingerprint density at radius 3 is 2.86 bits per heavy atom. The van der Waals surface area contributed by atoms with Gasteiger partial charge in [-0.25, -0.2) is 9.18 Å². The molecule has 1 N–H and O–H groups in total. The van der Waals surface area contributed by atoms with Gasteiger partial charge in [-0.2, -0.15) is 0 Å². The molecule has 0 unspecified atom stereocenters. The number of thiophene rings is 1. The van der Waals surface area contributed by atoms with E-state index in [9.17, 15) is 9.18 Å². The molecule has 1 heterocycles. The van der Waals surface area contributed by atoms with Crippen LogP contribution < -0.4 is 0 Å². The summed E-state index contributed by atoms with van der Waals surface area (Å²) in [4.78, 5) is 11.3. The lowest BCUT2D eigenvalue weighted by Gasteiger charge is -1.99. The minimum Gasteiger partial charge on any atom is -0.478 e. The van der Waals surface area contributed by atoms with Crippen LogP contribution in [0.2, 0.25) is 0 Å². The van der Waals surface area contributed by atoms with Crippen molar-refractivity contribution in [3.63, 3.8) is 0 Å². The Morgan fingerprint density at radius 2 is 2.21 bits per heavy atom. The van der Waals surface area contributed by atoms with Crippen LogP contribution in [0.5, 0.6) is 0 Å². The van der Waals surface area contributed by atoms with Crippen LogP contribution >= 0.6 is 24.0 Å². The number of fused-ring (bicyclic) bond motifs is 1. The summed E-state index contributed by atoms with van der Waals surface area (Å²) in [5.41, 5.74) is -0.0359. The van der Waals surface area contributed by atoms with Gasteiger partial charge in [-0.15, -0.1) is 24.0 Å². The minimum atomic E-state index is -1.14. The monoisotopic (exact) mass is 228 g/mol. The molecule has 0 atom stereocenters. The average molecular weight is 228 g/mol. The maximum absolute atomic E-state index is 13.2. The number of hydrogen-bond donors (Lipinski definition) is 2. The Hall–Kier alpha value is -1.07. The van der Waals surface area contributed by atoms with Gasteiger partial charge in [-0.05, 0) is 12.1 Å². The van der Waals surface area contributed by atoms with E-state index >= 15 is 0 Å². The van der Waals surface area contributed by atoms with Gasteiger partial charge in [0.2, 0.25) is 0 Å². The zero-order valence-corrected chi connectivity index (χ0v) is 8.53.